The van der Waals surface area contributed by atoms with Gasteiger partial charge in [-0.3, -0.25) is 9.89 Å². The largest absolute Gasteiger partial charge is 0.468 e. The van der Waals surface area contributed by atoms with Gasteiger partial charge in [-0.05, 0) is 47.9 Å². The van der Waals surface area contributed by atoms with E-state index in [1.54, 1.807) is 30.5 Å². The summed E-state index contributed by atoms with van der Waals surface area (Å²) in [6.07, 6.45) is 5.16. The second-order valence-electron chi connectivity index (χ2n) is 9.90. The zero-order valence-corrected chi connectivity index (χ0v) is 22.2. The molecule has 0 bridgehead atoms. The summed E-state index contributed by atoms with van der Waals surface area (Å²) in [4.78, 5) is 20.2. The van der Waals surface area contributed by atoms with Gasteiger partial charge in [0.2, 0.25) is 10.0 Å². The lowest BCUT2D eigenvalue weighted by atomic mass is 9.60. The number of morpholine rings is 1. The number of aromatic amines is 1. The van der Waals surface area contributed by atoms with Crippen LogP contribution in [0.25, 0.3) is 6.08 Å². The number of nitrogens with one attached hydrogen (secondary N) is 1. The number of carbonyl (C=O) groups is 1. The average Bonchev–Trinajstić information content (AvgIpc) is 3.44. The van der Waals surface area contributed by atoms with Crippen LogP contribution in [0.1, 0.15) is 29.2 Å². The summed E-state index contributed by atoms with van der Waals surface area (Å²) >= 11 is 0. The van der Waals surface area contributed by atoms with Crippen LogP contribution in [0.5, 0.6) is 0 Å². The van der Waals surface area contributed by atoms with Crippen molar-refractivity contribution in [1.82, 2.24) is 19.5 Å². The summed E-state index contributed by atoms with van der Waals surface area (Å²) in [7, 11) is -2.71. The molecule has 12 heteroatoms. The normalized spacial score (nSPS) is 23.5. The summed E-state index contributed by atoms with van der Waals surface area (Å²) in [6.45, 7) is 2.58. The van der Waals surface area contributed by atoms with Crippen LogP contribution in [0.2, 0.25) is 0 Å². The number of methoxy groups -OCH3 is 1. The number of pyridine rings is 1. The molecular formula is C27H28FN5O5S. The number of aromatic nitrogens is 3. The number of rotatable bonds is 5. The summed E-state index contributed by atoms with van der Waals surface area (Å²) in [5.41, 5.74) is 1.48. The average molecular weight is 554 g/mol. The Bertz CT molecular complexity index is 1520. The summed E-state index contributed by atoms with van der Waals surface area (Å²) in [5, 5.41) is 7.16. The van der Waals surface area contributed by atoms with E-state index in [-0.39, 0.29) is 18.0 Å². The fourth-order valence-corrected chi connectivity index (χ4v) is 7.40. The SMILES string of the molecule is COC(=O)[C@@]12CN(S(=O)(=O)c3ccc(N4CCOCC4)nc3)CCC1=Cc1[nH]ncc1C2c1ccc(F)cc1. The van der Waals surface area contributed by atoms with Crippen molar-refractivity contribution in [3.63, 3.8) is 0 Å². The molecule has 0 amide bonds. The molecule has 2 fully saturated rings. The van der Waals surface area contributed by atoms with E-state index in [0.717, 1.165) is 11.3 Å². The molecule has 3 aromatic rings. The molecular weight excluding hydrogens is 525 g/mol. The van der Waals surface area contributed by atoms with Gasteiger partial charge in [-0.1, -0.05) is 12.1 Å². The number of fused-ring (bicyclic) bond motifs is 2. The molecule has 4 heterocycles. The van der Waals surface area contributed by atoms with Gasteiger partial charge in [0.25, 0.3) is 0 Å². The van der Waals surface area contributed by atoms with Crippen LogP contribution in [-0.4, -0.2) is 80.4 Å². The van der Waals surface area contributed by atoms with Gasteiger partial charge in [0.1, 0.15) is 21.9 Å². The van der Waals surface area contributed by atoms with E-state index < -0.39 is 33.1 Å². The highest BCUT2D eigenvalue weighted by molar-refractivity contribution is 7.89. The molecule has 204 valence electrons. The van der Waals surface area contributed by atoms with Crippen molar-refractivity contribution in [1.29, 1.82) is 0 Å². The van der Waals surface area contributed by atoms with Crippen LogP contribution in [0.15, 0.2) is 59.3 Å². The highest BCUT2D eigenvalue weighted by atomic mass is 32.2. The van der Waals surface area contributed by atoms with Crippen LogP contribution in [0, 0.1) is 11.2 Å². The van der Waals surface area contributed by atoms with Gasteiger partial charge in [-0.2, -0.15) is 9.40 Å². The minimum absolute atomic E-state index is 0.0464. The third kappa shape index (κ3) is 4.23. The van der Waals surface area contributed by atoms with Crippen LogP contribution in [-0.2, 0) is 24.3 Å². The van der Waals surface area contributed by atoms with Crippen molar-refractivity contribution in [2.45, 2.75) is 17.2 Å². The molecule has 2 aromatic heterocycles. The number of sulfonamides is 1. The quantitative estimate of drug-likeness (QED) is 0.479. The molecule has 2 saturated heterocycles. The molecule has 6 rings (SSSR count). The molecule has 0 radical (unpaired) electrons. The van der Waals surface area contributed by atoms with Crippen LogP contribution < -0.4 is 4.90 Å². The number of esters is 1. The van der Waals surface area contributed by atoms with Gasteiger partial charge in [0.05, 0.1) is 32.2 Å². The molecule has 2 atom stereocenters. The van der Waals surface area contributed by atoms with E-state index >= 15 is 0 Å². The van der Waals surface area contributed by atoms with Gasteiger partial charge in [0, 0.05) is 43.9 Å². The number of benzene rings is 1. The fraction of sp³-hybridized carbons (Fsp3) is 0.370. The maximum absolute atomic E-state index is 13.9. The van der Waals surface area contributed by atoms with E-state index in [0.29, 0.717) is 49.7 Å². The van der Waals surface area contributed by atoms with Crippen molar-refractivity contribution in [2.75, 3.05) is 51.4 Å². The highest BCUT2D eigenvalue weighted by Gasteiger charge is 2.57. The first-order valence-electron chi connectivity index (χ1n) is 12.7. The first kappa shape index (κ1) is 25.7. The Hall–Kier alpha value is -3.61. The first-order chi connectivity index (χ1) is 18.8. The van der Waals surface area contributed by atoms with Gasteiger partial charge in [-0.25, -0.2) is 17.8 Å². The summed E-state index contributed by atoms with van der Waals surface area (Å²) in [6, 6.07) is 9.14. The zero-order chi connectivity index (χ0) is 27.2. The lowest BCUT2D eigenvalue weighted by Gasteiger charge is -2.48. The molecule has 1 unspecified atom stereocenters. The number of carbonyl (C=O) groups excluding carboxylic acids is 1. The Morgan fingerprint density at radius 3 is 2.59 bits per heavy atom. The number of halogens is 1. The number of nitrogens with zero attached hydrogens (tertiary/aromatic N) is 4. The standard InChI is InChI=1S/C27H28FN5O5S/c1-37-26(34)27-17-33(39(35,36)21-6-7-24(29-15-21)32-10-12-38-13-11-32)9-8-19(27)14-23-22(16-30-31-23)25(27)18-2-4-20(28)5-3-18/h2-7,14-16,25H,8-13,17H2,1H3,(H,30,31)/t25?,27-/m0/s1. The maximum atomic E-state index is 13.9. The summed E-state index contributed by atoms with van der Waals surface area (Å²) in [5.74, 6) is -0.927. The van der Waals surface area contributed by atoms with Crippen LogP contribution in [0.4, 0.5) is 10.2 Å². The molecule has 0 spiro atoms. The zero-order valence-electron chi connectivity index (χ0n) is 21.3. The van der Waals surface area contributed by atoms with E-state index in [9.17, 15) is 17.6 Å². The molecule has 0 saturated carbocycles. The topological polar surface area (TPSA) is 118 Å². The molecule has 1 aromatic carbocycles. The van der Waals surface area contributed by atoms with Crippen molar-refractivity contribution in [2.24, 2.45) is 5.41 Å². The molecule has 1 aliphatic carbocycles. The minimum atomic E-state index is -4.01. The smallest absolute Gasteiger partial charge is 0.318 e. The molecule has 10 nitrogen and oxygen atoms in total. The number of hydrogen-bond donors (Lipinski definition) is 1. The predicted octanol–water partition coefficient (Wildman–Crippen LogP) is 2.56. The summed E-state index contributed by atoms with van der Waals surface area (Å²) < 4.78 is 53.7. The Balaban J connectivity index is 1.40. The predicted molar refractivity (Wildman–Crippen MR) is 140 cm³/mol. The van der Waals surface area contributed by atoms with Crippen molar-refractivity contribution in [3.05, 3.63) is 77.0 Å². The number of hydrogen-bond acceptors (Lipinski definition) is 8. The number of ether oxygens (including phenoxy) is 2. The third-order valence-corrected chi connectivity index (χ3v) is 9.73. The second-order valence-corrected chi connectivity index (χ2v) is 11.8. The Morgan fingerprint density at radius 2 is 1.90 bits per heavy atom. The first-order valence-corrected chi connectivity index (χ1v) is 14.2. The lowest BCUT2D eigenvalue weighted by Crippen LogP contribution is -2.55. The second kappa shape index (κ2) is 9.85. The molecule has 39 heavy (non-hydrogen) atoms. The molecule has 2 aliphatic heterocycles. The van der Waals surface area contributed by atoms with Gasteiger partial charge >= 0.3 is 5.97 Å². The van der Waals surface area contributed by atoms with E-state index in [2.05, 4.69) is 15.2 Å². The monoisotopic (exact) mass is 553 g/mol. The fourth-order valence-electron chi connectivity index (χ4n) is 5.97. The van der Waals surface area contributed by atoms with E-state index in [1.807, 2.05) is 11.0 Å². The van der Waals surface area contributed by atoms with Gasteiger partial charge < -0.3 is 14.4 Å². The van der Waals surface area contributed by atoms with Crippen LogP contribution in [0.3, 0.4) is 0 Å². The van der Waals surface area contributed by atoms with Crippen molar-refractivity contribution < 1.29 is 27.1 Å². The van der Waals surface area contributed by atoms with Crippen LogP contribution >= 0.6 is 0 Å². The Kier molecular flexibility index (Phi) is 6.48. The molecule has 3 aliphatic rings. The number of piperidine rings is 1. The molecule has 1 N–H and O–H groups in total. The third-order valence-electron chi connectivity index (χ3n) is 7.90. The number of anilines is 1. The van der Waals surface area contributed by atoms with Gasteiger partial charge in [-0.15, -0.1) is 0 Å². The lowest BCUT2D eigenvalue weighted by molar-refractivity contribution is -0.152. The minimum Gasteiger partial charge on any atom is -0.468 e. The van der Waals surface area contributed by atoms with Crippen molar-refractivity contribution in [3.8, 4) is 0 Å². The number of H-pyrrole nitrogens is 1. The Labute approximate surface area is 225 Å². The van der Waals surface area contributed by atoms with Gasteiger partial charge in [0.15, 0.2) is 0 Å². The van der Waals surface area contributed by atoms with E-state index in [1.165, 1.54) is 29.7 Å². The highest BCUT2D eigenvalue weighted by Crippen LogP contribution is 2.55. The van der Waals surface area contributed by atoms with E-state index in [4.69, 9.17) is 9.47 Å². The Morgan fingerprint density at radius 1 is 1.13 bits per heavy atom. The maximum Gasteiger partial charge on any atom is 0.318 e. The van der Waals surface area contributed by atoms with Crippen molar-refractivity contribution >= 4 is 27.9 Å².